The van der Waals surface area contributed by atoms with Gasteiger partial charge in [-0.25, -0.2) is 0 Å². The molecule has 1 N–H and O–H groups in total. The molecule has 1 atom stereocenters. The van der Waals surface area contributed by atoms with Crippen LogP contribution in [0.5, 0.6) is 0 Å². The quantitative estimate of drug-likeness (QED) is 0.654. The Morgan fingerprint density at radius 1 is 1.43 bits per heavy atom. The Labute approximate surface area is 86.6 Å². The number of hydrogen-bond donors (Lipinski definition) is 1. The van der Waals surface area contributed by atoms with Gasteiger partial charge in [0.05, 0.1) is 19.8 Å². The van der Waals surface area contributed by atoms with Crippen LogP contribution in [0.3, 0.4) is 0 Å². The van der Waals surface area contributed by atoms with Crippen molar-refractivity contribution in [2.24, 2.45) is 0 Å². The summed E-state index contributed by atoms with van der Waals surface area (Å²) in [6, 6.07) is 0.490. The van der Waals surface area contributed by atoms with E-state index >= 15 is 0 Å². The molecule has 0 bridgehead atoms. The van der Waals surface area contributed by atoms with Crippen molar-refractivity contribution in [3.8, 4) is 0 Å². The van der Waals surface area contributed by atoms with Crippen LogP contribution in [0.25, 0.3) is 0 Å². The van der Waals surface area contributed by atoms with Gasteiger partial charge in [0, 0.05) is 32.8 Å². The van der Waals surface area contributed by atoms with E-state index in [-0.39, 0.29) is 0 Å². The van der Waals surface area contributed by atoms with E-state index < -0.39 is 0 Å². The molecule has 0 aromatic carbocycles. The predicted molar refractivity (Wildman–Crippen MR) is 56.6 cm³/mol. The minimum Gasteiger partial charge on any atom is -0.383 e. The van der Waals surface area contributed by atoms with E-state index in [9.17, 15) is 0 Å². The molecular weight excluding hydrogens is 180 g/mol. The third-order valence-electron chi connectivity index (χ3n) is 2.55. The van der Waals surface area contributed by atoms with Gasteiger partial charge in [-0.3, -0.25) is 4.90 Å². The zero-order chi connectivity index (χ0) is 10.2. The van der Waals surface area contributed by atoms with E-state index in [1.54, 1.807) is 7.11 Å². The number of ether oxygens (including phenoxy) is 2. The molecule has 1 heterocycles. The minimum absolute atomic E-state index is 0.490. The summed E-state index contributed by atoms with van der Waals surface area (Å²) >= 11 is 0. The number of rotatable bonds is 6. The van der Waals surface area contributed by atoms with Crippen molar-refractivity contribution in [3.05, 3.63) is 0 Å². The van der Waals surface area contributed by atoms with Crippen LogP contribution in [0.4, 0.5) is 0 Å². The van der Waals surface area contributed by atoms with Gasteiger partial charge in [-0.2, -0.15) is 0 Å². The summed E-state index contributed by atoms with van der Waals surface area (Å²) in [4.78, 5) is 2.44. The molecule has 84 valence electrons. The molecule has 0 aliphatic carbocycles. The first-order valence-electron chi connectivity index (χ1n) is 5.40. The maximum absolute atomic E-state index is 5.33. The fourth-order valence-electron chi connectivity index (χ4n) is 1.74. The SMILES string of the molecule is CCNCC(COC)N1CCOCC1. The fourth-order valence-corrected chi connectivity index (χ4v) is 1.74. The summed E-state index contributed by atoms with van der Waals surface area (Å²) in [5, 5.41) is 3.37. The zero-order valence-corrected chi connectivity index (χ0v) is 9.29. The second-order valence-corrected chi connectivity index (χ2v) is 3.57. The Morgan fingerprint density at radius 3 is 2.71 bits per heavy atom. The second kappa shape index (κ2) is 7.17. The van der Waals surface area contributed by atoms with Crippen LogP contribution in [0.2, 0.25) is 0 Å². The Morgan fingerprint density at radius 2 is 2.14 bits per heavy atom. The first-order valence-corrected chi connectivity index (χ1v) is 5.40. The molecule has 1 unspecified atom stereocenters. The van der Waals surface area contributed by atoms with Crippen molar-refractivity contribution < 1.29 is 9.47 Å². The van der Waals surface area contributed by atoms with Crippen molar-refractivity contribution >= 4 is 0 Å². The van der Waals surface area contributed by atoms with E-state index in [1.807, 2.05) is 0 Å². The normalized spacial score (nSPS) is 21.0. The fraction of sp³-hybridized carbons (Fsp3) is 1.00. The van der Waals surface area contributed by atoms with Gasteiger partial charge in [0.15, 0.2) is 0 Å². The summed E-state index contributed by atoms with van der Waals surface area (Å²) in [5.74, 6) is 0. The van der Waals surface area contributed by atoms with Crippen LogP contribution in [0.1, 0.15) is 6.92 Å². The van der Waals surface area contributed by atoms with Gasteiger partial charge >= 0.3 is 0 Å². The zero-order valence-electron chi connectivity index (χ0n) is 9.29. The molecule has 1 aliphatic heterocycles. The number of nitrogens with zero attached hydrogens (tertiary/aromatic N) is 1. The van der Waals surface area contributed by atoms with Crippen molar-refractivity contribution in [2.75, 3.05) is 53.1 Å². The lowest BCUT2D eigenvalue weighted by molar-refractivity contribution is -0.00259. The minimum atomic E-state index is 0.490. The average molecular weight is 202 g/mol. The molecule has 0 aromatic heterocycles. The van der Waals surface area contributed by atoms with Crippen LogP contribution < -0.4 is 5.32 Å². The molecule has 1 aliphatic rings. The number of likely N-dealkylation sites (N-methyl/N-ethyl adjacent to an activating group) is 1. The van der Waals surface area contributed by atoms with Crippen LogP contribution in [0, 0.1) is 0 Å². The molecule has 1 saturated heterocycles. The highest BCUT2D eigenvalue weighted by Crippen LogP contribution is 2.03. The van der Waals surface area contributed by atoms with Crippen LogP contribution >= 0.6 is 0 Å². The van der Waals surface area contributed by atoms with Crippen molar-refractivity contribution in [1.82, 2.24) is 10.2 Å². The summed E-state index contributed by atoms with van der Waals surface area (Å²) < 4.78 is 10.6. The van der Waals surface area contributed by atoms with Gasteiger partial charge in [-0.1, -0.05) is 6.92 Å². The summed E-state index contributed by atoms with van der Waals surface area (Å²) in [6.07, 6.45) is 0. The monoisotopic (exact) mass is 202 g/mol. The average Bonchev–Trinajstić information content (AvgIpc) is 2.25. The molecule has 0 aromatic rings. The first-order chi connectivity index (χ1) is 6.88. The number of morpholine rings is 1. The topological polar surface area (TPSA) is 33.7 Å². The highest BCUT2D eigenvalue weighted by Gasteiger charge is 2.19. The van der Waals surface area contributed by atoms with Crippen LogP contribution in [-0.4, -0.2) is 64.1 Å². The van der Waals surface area contributed by atoms with Gasteiger partial charge in [0.1, 0.15) is 0 Å². The molecule has 0 radical (unpaired) electrons. The Hall–Kier alpha value is -0.160. The molecule has 0 amide bonds. The molecule has 1 rings (SSSR count). The highest BCUT2D eigenvalue weighted by molar-refractivity contribution is 4.75. The van der Waals surface area contributed by atoms with Gasteiger partial charge in [-0.05, 0) is 6.54 Å². The smallest absolute Gasteiger partial charge is 0.0630 e. The molecule has 4 heteroatoms. The highest BCUT2D eigenvalue weighted by atomic mass is 16.5. The summed E-state index contributed by atoms with van der Waals surface area (Å²) in [6.45, 7) is 8.71. The first kappa shape index (κ1) is 11.9. The Balaban J connectivity index is 2.30. The Kier molecular flexibility index (Phi) is 6.10. The number of methoxy groups -OCH3 is 1. The molecule has 0 saturated carbocycles. The maximum atomic E-state index is 5.33. The number of hydrogen-bond acceptors (Lipinski definition) is 4. The van der Waals surface area contributed by atoms with E-state index in [1.165, 1.54) is 0 Å². The third kappa shape index (κ3) is 3.92. The lowest BCUT2D eigenvalue weighted by atomic mass is 10.2. The molecule has 14 heavy (non-hydrogen) atoms. The van der Waals surface area contributed by atoms with Crippen LogP contribution in [-0.2, 0) is 9.47 Å². The Bertz CT molecular complexity index is 138. The van der Waals surface area contributed by atoms with Crippen molar-refractivity contribution in [3.63, 3.8) is 0 Å². The number of nitrogens with one attached hydrogen (secondary N) is 1. The van der Waals surface area contributed by atoms with E-state index in [0.717, 1.165) is 46.0 Å². The molecule has 4 nitrogen and oxygen atoms in total. The largest absolute Gasteiger partial charge is 0.383 e. The molecule has 0 spiro atoms. The van der Waals surface area contributed by atoms with E-state index in [4.69, 9.17) is 9.47 Å². The summed E-state index contributed by atoms with van der Waals surface area (Å²) in [7, 11) is 1.76. The van der Waals surface area contributed by atoms with E-state index in [0.29, 0.717) is 6.04 Å². The van der Waals surface area contributed by atoms with Gasteiger partial charge in [-0.15, -0.1) is 0 Å². The lowest BCUT2D eigenvalue weighted by Gasteiger charge is -2.34. The van der Waals surface area contributed by atoms with Gasteiger partial charge in [0.25, 0.3) is 0 Å². The van der Waals surface area contributed by atoms with Gasteiger partial charge < -0.3 is 14.8 Å². The second-order valence-electron chi connectivity index (χ2n) is 3.57. The third-order valence-corrected chi connectivity index (χ3v) is 2.55. The lowest BCUT2D eigenvalue weighted by Crippen LogP contribution is -2.50. The summed E-state index contributed by atoms with van der Waals surface area (Å²) in [5.41, 5.74) is 0. The predicted octanol–water partition coefficient (Wildman–Crippen LogP) is -0.0569. The standard InChI is InChI=1S/C10H22N2O2/c1-3-11-8-10(9-13-2)12-4-6-14-7-5-12/h10-11H,3-9H2,1-2H3. The van der Waals surface area contributed by atoms with Crippen molar-refractivity contribution in [1.29, 1.82) is 0 Å². The molecule has 1 fully saturated rings. The van der Waals surface area contributed by atoms with Gasteiger partial charge in [0.2, 0.25) is 0 Å². The van der Waals surface area contributed by atoms with Crippen molar-refractivity contribution in [2.45, 2.75) is 13.0 Å². The maximum Gasteiger partial charge on any atom is 0.0630 e. The van der Waals surface area contributed by atoms with Crippen LogP contribution in [0.15, 0.2) is 0 Å². The molecular formula is C10H22N2O2. The van der Waals surface area contributed by atoms with E-state index in [2.05, 4.69) is 17.1 Å².